The summed E-state index contributed by atoms with van der Waals surface area (Å²) in [6.45, 7) is 5.80. The standard InChI is InChI=1S/C7H15N.W/c1-3-4-5-6-7(2)8;/h4,7H,2-3,5-6,8H2,1H3;/q-2;+2. The summed E-state index contributed by atoms with van der Waals surface area (Å²) >= 11 is 0. The van der Waals surface area contributed by atoms with E-state index in [4.69, 9.17) is 5.73 Å². The van der Waals surface area contributed by atoms with Crippen LogP contribution >= 0.6 is 0 Å². The van der Waals surface area contributed by atoms with Crippen LogP contribution in [-0.4, -0.2) is 6.04 Å². The number of hydrogen-bond donors (Lipinski definition) is 1. The predicted molar refractivity (Wildman–Crippen MR) is 37.2 cm³/mol. The number of unbranched alkanes of at least 4 members (excludes halogenated alkanes) is 2. The van der Waals surface area contributed by atoms with E-state index < -0.39 is 0 Å². The molecule has 0 bridgehead atoms. The molecule has 0 aromatic rings. The van der Waals surface area contributed by atoms with Crippen molar-refractivity contribution in [3.63, 3.8) is 0 Å². The molecule has 0 fully saturated rings. The molecule has 1 unspecified atom stereocenters. The SMILES string of the molecule is [CH2-]C(N)CC[CH-]CC.[W+2]. The average Bonchev–Trinajstić information content (AvgIpc) is 1.66. The van der Waals surface area contributed by atoms with Crippen LogP contribution in [0.15, 0.2) is 0 Å². The van der Waals surface area contributed by atoms with Crippen molar-refractivity contribution in [3.8, 4) is 0 Å². The van der Waals surface area contributed by atoms with Gasteiger partial charge in [0.1, 0.15) is 0 Å². The second-order valence-corrected chi connectivity index (χ2v) is 2.03. The molecule has 9 heavy (non-hydrogen) atoms. The van der Waals surface area contributed by atoms with E-state index in [1.807, 2.05) is 0 Å². The van der Waals surface area contributed by atoms with Crippen molar-refractivity contribution in [3.05, 3.63) is 13.3 Å². The molecule has 0 aliphatic heterocycles. The van der Waals surface area contributed by atoms with Crippen LogP contribution in [0.5, 0.6) is 0 Å². The van der Waals surface area contributed by atoms with E-state index in [1.54, 1.807) is 0 Å². The normalized spacial score (nSPS) is 12.3. The van der Waals surface area contributed by atoms with Gasteiger partial charge in [-0.1, -0.05) is 13.3 Å². The van der Waals surface area contributed by atoms with Gasteiger partial charge in [0.25, 0.3) is 0 Å². The van der Waals surface area contributed by atoms with Gasteiger partial charge in [0.05, 0.1) is 0 Å². The monoisotopic (exact) mass is 297 g/mol. The number of nitrogens with two attached hydrogens (primary N) is 1. The Balaban J connectivity index is 0. The van der Waals surface area contributed by atoms with E-state index in [9.17, 15) is 0 Å². The number of hydrogen-bond acceptors (Lipinski definition) is 1. The fraction of sp³-hybridized carbons (Fsp3) is 0.714. The Morgan fingerprint density at radius 1 is 1.67 bits per heavy atom. The second kappa shape index (κ2) is 8.65. The van der Waals surface area contributed by atoms with Crippen LogP contribution in [0.4, 0.5) is 0 Å². The van der Waals surface area contributed by atoms with Gasteiger partial charge in [0.15, 0.2) is 0 Å². The van der Waals surface area contributed by atoms with Gasteiger partial charge in [-0.2, -0.15) is 12.8 Å². The predicted octanol–water partition coefficient (Wildman–Crippen LogP) is 1.54. The zero-order valence-corrected chi connectivity index (χ0v) is 8.90. The first-order valence-corrected chi connectivity index (χ1v) is 3.17. The maximum Gasteiger partial charge on any atom is 2.00 e. The molecule has 2 N–H and O–H groups in total. The molecular weight excluding hydrogens is 282 g/mol. The van der Waals surface area contributed by atoms with Gasteiger partial charge in [0, 0.05) is 0 Å². The third-order valence-electron chi connectivity index (χ3n) is 1.03. The van der Waals surface area contributed by atoms with E-state index in [2.05, 4.69) is 20.3 Å². The van der Waals surface area contributed by atoms with E-state index in [0.29, 0.717) is 0 Å². The fourth-order valence-corrected chi connectivity index (χ4v) is 0.536. The molecule has 0 saturated carbocycles. The molecule has 0 aromatic carbocycles. The minimum Gasteiger partial charge on any atom is -0.357 e. The minimum absolute atomic E-state index is 0. The van der Waals surface area contributed by atoms with Gasteiger partial charge in [-0.15, -0.1) is 6.04 Å². The molecule has 0 heterocycles. The van der Waals surface area contributed by atoms with Gasteiger partial charge in [-0.3, -0.25) is 0 Å². The first-order valence-electron chi connectivity index (χ1n) is 3.17. The van der Waals surface area contributed by atoms with Crippen LogP contribution in [0.1, 0.15) is 26.2 Å². The molecule has 0 aliphatic rings. The van der Waals surface area contributed by atoms with Crippen LogP contribution in [-0.2, 0) is 21.1 Å². The van der Waals surface area contributed by atoms with Crippen LogP contribution in [0, 0.1) is 13.3 Å². The van der Waals surface area contributed by atoms with Crippen molar-refractivity contribution < 1.29 is 21.1 Å². The van der Waals surface area contributed by atoms with E-state index >= 15 is 0 Å². The van der Waals surface area contributed by atoms with Gasteiger partial charge >= 0.3 is 21.1 Å². The van der Waals surface area contributed by atoms with Crippen molar-refractivity contribution in [2.75, 3.05) is 0 Å². The van der Waals surface area contributed by atoms with Crippen molar-refractivity contribution in [1.82, 2.24) is 0 Å². The van der Waals surface area contributed by atoms with Crippen LogP contribution in [0.25, 0.3) is 0 Å². The Morgan fingerprint density at radius 2 is 2.22 bits per heavy atom. The third-order valence-corrected chi connectivity index (χ3v) is 1.03. The molecule has 0 rings (SSSR count). The molecule has 0 aromatic heterocycles. The Bertz CT molecular complexity index is 46.2. The average molecular weight is 297 g/mol. The summed E-state index contributed by atoms with van der Waals surface area (Å²) in [4.78, 5) is 0. The van der Waals surface area contributed by atoms with Crippen molar-refractivity contribution in [2.24, 2.45) is 5.73 Å². The van der Waals surface area contributed by atoms with Gasteiger partial charge in [0.2, 0.25) is 0 Å². The van der Waals surface area contributed by atoms with E-state index in [0.717, 1.165) is 19.3 Å². The van der Waals surface area contributed by atoms with Crippen LogP contribution in [0.3, 0.4) is 0 Å². The quantitative estimate of drug-likeness (QED) is 0.618. The van der Waals surface area contributed by atoms with E-state index in [-0.39, 0.29) is 27.1 Å². The van der Waals surface area contributed by atoms with Crippen molar-refractivity contribution in [2.45, 2.75) is 32.2 Å². The number of rotatable bonds is 4. The van der Waals surface area contributed by atoms with Gasteiger partial charge in [-0.05, 0) is 0 Å². The molecule has 1 atom stereocenters. The maximum absolute atomic E-state index is 5.40. The fourth-order valence-electron chi connectivity index (χ4n) is 0.536. The molecule has 2 heteroatoms. The summed E-state index contributed by atoms with van der Waals surface area (Å²) in [5, 5.41) is 0. The Morgan fingerprint density at radius 3 is 2.56 bits per heavy atom. The summed E-state index contributed by atoms with van der Waals surface area (Å²) in [6, 6.07) is 0.123. The Kier molecular flexibility index (Phi) is 11.9. The molecule has 54 valence electrons. The zero-order valence-electron chi connectivity index (χ0n) is 5.97. The summed E-state index contributed by atoms with van der Waals surface area (Å²) in [7, 11) is 0. The Labute approximate surface area is 72.7 Å². The summed E-state index contributed by atoms with van der Waals surface area (Å²) in [5.41, 5.74) is 5.40. The zero-order chi connectivity index (χ0) is 6.41. The van der Waals surface area contributed by atoms with Crippen LogP contribution in [0.2, 0.25) is 0 Å². The largest absolute Gasteiger partial charge is 2.00 e. The molecule has 0 amide bonds. The topological polar surface area (TPSA) is 26.0 Å². The molecule has 0 radical (unpaired) electrons. The van der Waals surface area contributed by atoms with Gasteiger partial charge < -0.3 is 19.1 Å². The molecule has 0 spiro atoms. The van der Waals surface area contributed by atoms with Gasteiger partial charge in [-0.25, -0.2) is 0 Å². The second-order valence-electron chi connectivity index (χ2n) is 2.03. The van der Waals surface area contributed by atoms with Crippen LogP contribution < -0.4 is 5.73 Å². The summed E-state index contributed by atoms with van der Waals surface area (Å²) in [6.07, 6.45) is 5.51. The first-order chi connectivity index (χ1) is 3.77. The Hall–Kier alpha value is 0.648. The maximum atomic E-state index is 5.40. The summed E-state index contributed by atoms with van der Waals surface area (Å²) in [5.74, 6) is 0. The molecular formula is C7H15NW. The smallest absolute Gasteiger partial charge is 0.357 e. The molecule has 0 aliphatic carbocycles. The van der Waals surface area contributed by atoms with Crippen molar-refractivity contribution >= 4 is 0 Å². The molecule has 1 nitrogen and oxygen atoms in total. The molecule has 0 saturated heterocycles. The minimum atomic E-state index is 0. The van der Waals surface area contributed by atoms with Crippen molar-refractivity contribution in [1.29, 1.82) is 0 Å². The first kappa shape index (κ1) is 12.3. The third kappa shape index (κ3) is 12.0. The van der Waals surface area contributed by atoms with E-state index in [1.165, 1.54) is 0 Å². The summed E-state index contributed by atoms with van der Waals surface area (Å²) < 4.78 is 0.